The highest BCUT2D eigenvalue weighted by Gasteiger charge is 2.26. The third kappa shape index (κ3) is 9.38. The summed E-state index contributed by atoms with van der Waals surface area (Å²) in [7, 11) is 1.78. The van der Waals surface area contributed by atoms with Gasteiger partial charge in [0.1, 0.15) is 11.5 Å². The van der Waals surface area contributed by atoms with Crippen molar-refractivity contribution in [2.24, 2.45) is 17.8 Å². The maximum atomic E-state index is 6.52. The molecule has 1 aromatic rings. The van der Waals surface area contributed by atoms with Gasteiger partial charge >= 0.3 is 0 Å². The molecule has 0 spiro atoms. The summed E-state index contributed by atoms with van der Waals surface area (Å²) in [5.41, 5.74) is 5.13. The zero-order valence-corrected chi connectivity index (χ0v) is 23.3. The number of ether oxygens (including phenoxy) is 2. The van der Waals surface area contributed by atoms with E-state index in [0.717, 1.165) is 42.1 Å². The largest absolute Gasteiger partial charge is 0.496 e. The van der Waals surface area contributed by atoms with E-state index < -0.39 is 0 Å². The van der Waals surface area contributed by atoms with Crippen LogP contribution in [-0.2, 0) is 6.42 Å². The molecule has 1 unspecified atom stereocenters. The van der Waals surface area contributed by atoms with E-state index in [9.17, 15) is 0 Å². The van der Waals surface area contributed by atoms with Gasteiger partial charge in [0, 0.05) is 5.56 Å². The van der Waals surface area contributed by atoms with Crippen molar-refractivity contribution in [3.05, 3.63) is 35.4 Å². The fraction of sp³-hybridized carbons (Fsp3) is 0.742. The summed E-state index contributed by atoms with van der Waals surface area (Å²) < 4.78 is 12.2. The average molecular weight is 459 g/mol. The molecule has 1 aromatic carbocycles. The zero-order valence-electron chi connectivity index (χ0n) is 23.3. The normalized spacial score (nSPS) is 16.9. The summed E-state index contributed by atoms with van der Waals surface area (Å²) >= 11 is 0. The van der Waals surface area contributed by atoms with Gasteiger partial charge in [-0.1, -0.05) is 72.6 Å². The molecule has 1 heterocycles. The van der Waals surface area contributed by atoms with Crippen LogP contribution in [0.3, 0.4) is 0 Å². The van der Waals surface area contributed by atoms with E-state index in [2.05, 4.69) is 61.6 Å². The molecule has 33 heavy (non-hydrogen) atoms. The Morgan fingerprint density at radius 1 is 0.818 bits per heavy atom. The molecular formula is C31H54O2. The Kier molecular flexibility index (Phi) is 13.9. The Morgan fingerprint density at radius 3 is 1.91 bits per heavy atom. The summed E-state index contributed by atoms with van der Waals surface area (Å²) in [6, 6.07) is 0. The van der Waals surface area contributed by atoms with Crippen LogP contribution in [-0.4, -0.2) is 13.2 Å². The number of hydrogen-bond acceptors (Lipinski definition) is 2. The second kappa shape index (κ2) is 15.5. The molecule has 0 bridgehead atoms. The highest BCUT2D eigenvalue weighted by atomic mass is 16.5. The van der Waals surface area contributed by atoms with E-state index in [1.807, 2.05) is 0 Å². The number of benzene rings is 1. The van der Waals surface area contributed by atoms with Gasteiger partial charge in [0.05, 0.1) is 13.2 Å². The molecule has 0 aliphatic carbocycles. The highest BCUT2D eigenvalue weighted by molar-refractivity contribution is 5.58. The van der Waals surface area contributed by atoms with Gasteiger partial charge in [0.25, 0.3) is 0 Å². The first kappa shape index (κ1) is 29.6. The minimum atomic E-state index is 0.381. The Morgan fingerprint density at radius 2 is 1.36 bits per heavy atom. The lowest BCUT2D eigenvalue weighted by Gasteiger charge is -2.30. The average Bonchev–Trinajstić information content (AvgIpc) is 2.79. The van der Waals surface area contributed by atoms with Crippen LogP contribution in [0.15, 0.2) is 13.2 Å². The van der Waals surface area contributed by atoms with E-state index in [0.29, 0.717) is 6.10 Å². The molecule has 0 N–H and O–H groups in total. The van der Waals surface area contributed by atoms with Crippen molar-refractivity contribution >= 4 is 0 Å². The molecule has 2 heteroatoms. The predicted molar refractivity (Wildman–Crippen MR) is 146 cm³/mol. The van der Waals surface area contributed by atoms with Crippen molar-refractivity contribution in [1.29, 1.82) is 0 Å². The standard InChI is InChI=1S/C29H50O2.C2H4/c1-20(2)12-9-13-21(3)14-10-15-22(4)16-11-17-26-18-19-27-25(7)28(30-8)23(5)24(6)29(27)31-26;1-2/h20-22,26H,9-19H2,1-8H3;1-2H2/t21-,22-,26?;/m1./s1. The van der Waals surface area contributed by atoms with Crippen LogP contribution in [0.4, 0.5) is 0 Å². The Hall–Kier alpha value is -1.44. The first-order valence-corrected chi connectivity index (χ1v) is 13.6. The molecule has 1 aliphatic rings. The molecule has 0 saturated heterocycles. The summed E-state index contributed by atoms with van der Waals surface area (Å²) in [6.07, 6.45) is 14.9. The Labute approximate surface area is 206 Å². The molecule has 1 aliphatic heterocycles. The monoisotopic (exact) mass is 458 g/mol. The molecular weight excluding hydrogens is 404 g/mol. The number of rotatable bonds is 13. The Bertz CT molecular complexity index is 691. The molecule has 2 nitrogen and oxygen atoms in total. The smallest absolute Gasteiger partial charge is 0.126 e. The SMILES string of the molecule is C=C.COc1c(C)c(C)c2c(c1C)CCC(CCC[C@H](C)CCC[C@H](C)CCCC(C)C)O2. The van der Waals surface area contributed by atoms with Gasteiger partial charge in [0.15, 0.2) is 0 Å². The summed E-state index contributed by atoms with van der Waals surface area (Å²) in [6.45, 7) is 22.1. The maximum Gasteiger partial charge on any atom is 0.126 e. The van der Waals surface area contributed by atoms with Crippen LogP contribution in [0, 0.1) is 38.5 Å². The number of methoxy groups -OCH3 is 1. The van der Waals surface area contributed by atoms with E-state index in [1.54, 1.807) is 7.11 Å². The summed E-state index contributed by atoms with van der Waals surface area (Å²) in [5, 5.41) is 0. The third-order valence-corrected chi connectivity index (χ3v) is 7.61. The number of fused-ring (bicyclic) bond motifs is 1. The van der Waals surface area contributed by atoms with Crippen molar-refractivity contribution in [2.75, 3.05) is 7.11 Å². The van der Waals surface area contributed by atoms with E-state index >= 15 is 0 Å². The molecule has 0 amide bonds. The van der Waals surface area contributed by atoms with Gasteiger partial charge < -0.3 is 9.47 Å². The lowest BCUT2D eigenvalue weighted by atomic mass is 9.89. The second-order valence-corrected chi connectivity index (χ2v) is 10.9. The third-order valence-electron chi connectivity index (χ3n) is 7.61. The van der Waals surface area contributed by atoms with E-state index in [1.165, 1.54) is 80.0 Å². The molecule has 0 fully saturated rings. The minimum Gasteiger partial charge on any atom is -0.496 e. The van der Waals surface area contributed by atoms with Crippen LogP contribution in [0.25, 0.3) is 0 Å². The maximum absolute atomic E-state index is 6.52. The molecule has 190 valence electrons. The molecule has 3 atom stereocenters. The van der Waals surface area contributed by atoms with E-state index in [-0.39, 0.29) is 0 Å². The van der Waals surface area contributed by atoms with Gasteiger partial charge in [-0.3, -0.25) is 0 Å². The predicted octanol–water partition coefficient (Wildman–Crippen LogP) is 9.56. The van der Waals surface area contributed by atoms with Crippen molar-refractivity contribution in [3.63, 3.8) is 0 Å². The molecule has 0 saturated carbocycles. The lowest BCUT2D eigenvalue weighted by molar-refractivity contribution is 0.156. The van der Waals surface area contributed by atoms with Gasteiger partial charge in [-0.05, 0) is 80.9 Å². The van der Waals surface area contributed by atoms with Crippen LogP contribution >= 0.6 is 0 Å². The quantitative estimate of drug-likeness (QED) is 0.274. The van der Waals surface area contributed by atoms with Gasteiger partial charge in [-0.15, -0.1) is 13.2 Å². The van der Waals surface area contributed by atoms with Crippen molar-refractivity contribution in [1.82, 2.24) is 0 Å². The van der Waals surface area contributed by atoms with Gasteiger partial charge in [-0.2, -0.15) is 0 Å². The van der Waals surface area contributed by atoms with Crippen LogP contribution in [0.1, 0.15) is 114 Å². The van der Waals surface area contributed by atoms with Crippen LogP contribution in [0.5, 0.6) is 11.5 Å². The fourth-order valence-electron chi connectivity index (χ4n) is 5.33. The summed E-state index contributed by atoms with van der Waals surface area (Å²) in [5.74, 6) is 4.78. The molecule has 0 aromatic heterocycles. The Balaban J connectivity index is 0.00000265. The van der Waals surface area contributed by atoms with Gasteiger partial charge in [-0.25, -0.2) is 0 Å². The van der Waals surface area contributed by atoms with Crippen LogP contribution < -0.4 is 9.47 Å². The minimum absolute atomic E-state index is 0.381. The van der Waals surface area contributed by atoms with Gasteiger partial charge in [0.2, 0.25) is 0 Å². The number of hydrogen-bond donors (Lipinski definition) is 0. The van der Waals surface area contributed by atoms with Crippen molar-refractivity contribution in [3.8, 4) is 11.5 Å². The van der Waals surface area contributed by atoms with Crippen molar-refractivity contribution in [2.45, 2.75) is 125 Å². The fourth-order valence-corrected chi connectivity index (χ4v) is 5.33. The highest BCUT2D eigenvalue weighted by Crippen LogP contribution is 2.41. The lowest BCUT2D eigenvalue weighted by Crippen LogP contribution is -2.24. The first-order chi connectivity index (χ1) is 15.7. The molecule has 2 rings (SSSR count). The van der Waals surface area contributed by atoms with Crippen molar-refractivity contribution < 1.29 is 9.47 Å². The van der Waals surface area contributed by atoms with Crippen LogP contribution in [0.2, 0.25) is 0 Å². The zero-order chi connectivity index (χ0) is 25.0. The molecule has 0 radical (unpaired) electrons. The topological polar surface area (TPSA) is 18.5 Å². The van der Waals surface area contributed by atoms with E-state index in [4.69, 9.17) is 9.47 Å². The first-order valence-electron chi connectivity index (χ1n) is 13.6. The summed E-state index contributed by atoms with van der Waals surface area (Å²) in [4.78, 5) is 0. The second-order valence-electron chi connectivity index (χ2n) is 10.9.